The molecule has 3 heterocycles. The Morgan fingerprint density at radius 2 is 2.00 bits per heavy atom. The first-order valence-corrected chi connectivity index (χ1v) is 10.8. The van der Waals surface area contributed by atoms with Gasteiger partial charge in [-0.15, -0.1) is 24.0 Å². The second kappa shape index (κ2) is 11.3. The van der Waals surface area contributed by atoms with Crippen LogP contribution in [0.5, 0.6) is 0 Å². The minimum Gasteiger partial charge on any atom is -0.378 e. The summed E-state index contributed by atoms with van der Waals surface area (Å²) in [4.78, 5) is 14.1. The first kappa shape index (κ1) is 22.6. The minimum atomic E-state index is 0. The second-order valence-corrected chi connectivity index (χ2v) is 8.07. The summed E-state index contributed by atoms with van der Waals surface area (Å²) in [7, 11) is 1.85. The van der Waals surface area contributed by atoms with Gasteiger partial charge in [-0.25, -0.2) is 4.98 Å². The fourth-order valence-electron chi connectivity index (χ4n) is 4.70. The van der Waals surface area contributed by atoms with Gasteiger partial charge < -0.3 is 20.3 Å². The molecule has 2 saturated heterocycles. The highest BCUT2D eigenvalue weighted by Gasteiger charge is 2.30. The van der Waals surface area contributed by atoms with Gasteiger partial charge in [-0.3, -0.25) is 9.89 Å². The normalized spacial score (nSPS) is 23.8. The number of hydrogen-bond donors (Lipinski definition) is 2. The molecule has 1 aromatic heterocycles. The number of pyridine rings is 1. The van der Waals surface area contributed by atoms with Crippen LogP contribution in [0.3, 0.4) is 0 Å². The van der Waals surface area contributed by atoms with Gasteiger partial charge in [0.1, 0.15) is 5.82 Å². The number of hydrogen-bond acceptors (Lipinski definition) is 5. The highest BCUT2D eigenvalue weighted by Crippen LogP contribution is 2.26. The number of aliphatic imine (C=N–C) groups is 1. The van der Waals surface area contributed by atoms with Crippen molar-refractivity contribution in [3.63, 3.8) is 0 Å². The number of anilines is 1. The topological polar surface area (TPSA) is 65.0 Å². The van der Waals surface area contributed by atoms with E-state index in [9.17, 15) is 0 Å². The summed E-state index contributed by atoms with van der Waals surface area (Å²) in [6.07, 6.45) is 8.63. The van der Waals surface area contributed by atoms with E-state index in [-0.39, 0.29) is 24.0 Å². The van der Waals surface area contributed by atoms with E-state index in [2.05, 4.69) is 36.5 Å². The van der Waals surface area contributed by atoms with E-state index < -0.39 is 0 Å². The summed E-state index contributed by atoms with van der Waals surface area (Å²) >= 11 is 0. The number of ether oxygens (including phenoxy) is 1. The summed E-state index contributed by atoms with van der Waals surface area (Å²) in [5, 5.41) is 7.13. The first-order valence-electron chi connectivity index (χ1n) is 10.8. The summed E-state index contributed by atoms with van der Waals surface area (Å²) in [6.45, 7) is 6.41. The van der Waals surface area contributed by atoms with Crippen LogP contribution in [-0.2, 0) is 11.3 Å². The molecule has 2 N–H and O–H groups in total. The van der Waals surface area contributed by atoms with Crippen LogP contribution in [0.15, 0.2) is 23.3 Å². The SMILES string of the molecule is CN=C(NCc1cccnc1N1CCOCC1)NC1CCN(C2CCCC2)C1.I. The van der Waals surface area contributed by atoms with Crippen LogP contribution < -0.4 is 15.5 Å². The fraction of sp³-hybridized carbons (Fsp3) is 0.714. The average molecular weight is 514 g/mol. The van der Waals surface area contributed by atoms with Crippen molar-refractivity contribution in [2.45, 2.75) is 50.7 Å². The number of halogens is 1. The van der Waals surface area contributed by atoms with Gasteiger partial charge in [0.2, 0.25) is 0 Å². The Balaban J connectivity index is 0.00000240. The molecular weight excluding hydrogens is 479 g/mol. The van der Waals surface area contributed by atoms with E-state index in [1.54, 1.807) is 0 Å². The number of nitrogens with zero attached hydrogens (tertiary/aromatic N) is 4. The Morgan fingerprint density at radius 1 is 1.21 bits per heavy atom. The molecule has 7 nitrogen and oxygen atoms in total. The molecule has 1 aromatic rings. The molecule has 29 heavy (non-hydrogen) atoms. The minimum absolute atomic E-state index is 0. The molecule has 0 radical (unpaired) electrons. The molecule has 0 spiro atoms. The van der Waals surface area contributed by atoms with Crippen molar-refractivity contribution in [2.24, 2.45) is 4.99 Å². The second-order valence-electron chi connectivity index (χ2n) is 8.07. The van der Waals surface area contributed by atoms with Gasteiger partial charge in [0.05, 0.1) is 13.2 Å². The van der Waals surface area contributed by atoms with Crippen LogP contribution >= 0.6 is 24.0 Å². The third-order valence-corrected chi connectivity index (χ3v) is 6.25. The number of rotatable bonds is 5. The summed E-state index contributed by atoms with van der Waals surface area (Å²) in [5.41, 5.74) is 1.20. The van der Waals surface area contributed by atoms with E-state index in [0.717, 1.165) is 57.2 Å². The standard InChI is InChI=1S/C21H34N6O.HI/c1-22-21(25-18-8-10-27(16-18)19-6-2-3-7-19)24-15-17-5-4-9-23-20(17)26-11-13-28-14-12-26;/h4-5,9,18-19H,2-3,6-8,10-16H2,1H3,(H2,22,24,25);1H. The summed E-state index contributed by atoms with van der Waals surface area (Å²) < 4.78 is 5.48. The maximum atomic E-state index is 5.48. The lowest BCUT2D eigenvalue weighted by Crippen LogP contribution is -2.45. The van der Waals surface area contributed by atoms with E-state index in [1.807, 2.05) is 19.3 Å². The van der Waals surface area contributed by atoms with E-state index in [1.165, 1.54) is 44.2 Å². The van der Waals surface area contributed by atoms with Gasteiger partial charge in [0, 0.05) is 63.6 Å². The zero-order valence-corrected chi connectivity index (χ0v) is 19.8. The van der Waals surface area contributed by atoms with Gasteiger partial charge in [-0.2, -0.15) is 0 Å². The van der Waals surface area contributed by atoms with Crippen LogP contribution in [0.2, 0.25) is 0 Å². The van der Waals surface area contributed by atoms with Crippen LogP contribution in [0, 0.1) is 0 Å². The average Bonchev–Trinajstić information content (AvgIpc) is 3.44. The van der Waals surface area contributed by atoms with Crippen molar-refractivity contribution in [3.8, 4) is 0 Å². The lowest BCUT2D eigenvalue weighted by Gasteiger charge is -2.29. The van der Waals surface area contributed by atoms with Crippen LogP contribution in [0.1, 0.15) is 37.7 Å². The van der Waals surface area contributed by atoms with E-state index in [0.29, 0.717) is 6.04 Å². The molecule has 3 aliphatic rings. The molecule has 4 rings (SSSR count). The first-order chi connectivity index (χ1) is 13.8. The Labute approximate surface area is 191 Å². The number of likely N-dealkylation sites (tertiary alicyclic amines) is 1. The smallest absolute Gasteiger partial charge is 0.191 e. The highest BCUT2D eigenvalue weighted by molar-refractivity contribution is 14.0. The van der Waals surface area contributed by atoms with Gasteiger partial charge in [0.15, 0.2) is 5.96 Å². The Kier molecular flexibility index (Phi) is 8.80. The lowest BCUT2D eigenvalue weighted by atomic mass is 10.2. The predicted octanol–water partition coefficient (Wildman–Crippen LogP) is 2.22. The monoisotopic (exact) mass is 514 g/mol. The van der Waals surface area contributed by atoms with Gasteiger partial charge >= 0.3 is 0 Å². The van der Waals surface area contributed by atoms with Gasteiger partial charge in [0.25, 0.3) is 0 Å². The number of morpholine rings is 1. The van der Waals surface area contributed by atoms with Crippen molar-refractivity contribution < 1.29 is 4.74 Å². The van der Waals surface area contributed by atoms with Crippen molar-refractivity contribution in [1.82, 2.24) is 20.5 Å². The molecular formula is C21H35IN6O. The van der Waals surface area contributed by atoms with Crippen LogP contribution in [0.4, 0.5) is 5.82 Å². The molecule has 0 aromatic carbocycles. The molecule has 1 aliphatic carbocycles. The summed E-state index contributed by atoms with van der Waals surface area (Å²) in [6, 6.07) is 5.45. The third-order valence-electron chi connectivity index (χ3n) is 6.25. The molecule has 8 heteroatoms. The fourth-order valence-corrected chi connectivity index (χ4v) is 4.70. The molecule has 0 bridgehead atoms. The van der Waals surface area contributed by atoms with E-state index in [4.69, 9.17) is 4.74 Å². The maximum absolute atomic E-state index is 5.48. The zero-order chi connectivity index (χ0) is 19.2. The highest BCUT2D eigenvalue weighted by atomic mass is 127. The zero-order valence-electron chi connectivity index (χ0n) is 17.5. The Morgan fingerprint density at radius 3 is 2.76 bits per heavy atom. The summed E-state index contributed by atoms with van der Waals surface area (Å²) in [5.74, 6) is 1.94. The van der Waals surface area contributed by atoms with Crippen molar-refractivity contribution in [1.29, 1.82) is 0 Å². The Bertz CT molecular complexity index is 660. The number of nitrogens with one attached hydrogen (secondary N) is 2. The lowest BCUT2D eigenvalue weighted by molar-refractivity contribution is 0.122. The molecule has 1 saturated carbocycles. The van der Waals surface area contributed by atoms with Crippen molar-refractivity contribution in [3.05, 3.63) is 23.9 Å². The molecule has 162 valence electrons. The molecule has 2 aliphatic heterocycles. The molecule has 1 atom stereocenters. The van der Waals surface area contributed by atoms with Crippen LogP contribution in [-0.4, -0.2) is 74.4 Å². The molecule has 3 fully saturated rings. The van der Waals surface area contributed by atoms with Crippen LogP contribution in [0.25, 0.3) is 0 Å². The van der Waals surface area contributed by atoms with Gasteiger partial charge in [-0.1, -0.05) is 18.9 Å². The maximum Gasteiger partial charge on any atom is 0.191 e. The Hall–Kier alpha value is -1.13. The quantitative estimate of drug-likeness (QED) is 0.357. The van der Waals surface area contributed by atoms with Crippen molar-refractivity contribution in [2.75, 3.05) is 51.3 Å². The van der Waals surface area contributed by atoms with Crippen molar-refractivity contribution >= 4 is 35.8 Å². The van der Waals surface area contributed by atoms with Gasteiger partial charge in [-0.05, 0) is 25.3 Å². The predicted molar refractivity (Wildman–Crippen MR) is 128 cm³/mol. The molecule has 0 amide bonds. The third kappa shape index (κ3) is 5.95. The number of aromatic nitrogens is 1. The largest absolute Gasteiger partial charge is 0.378 e. The molecule has 1 unspecified atom stereocenters. The van der Waals surface area contributed by atoms with E-state index >= 15 is 0 Å². The number of guanidine groups is 1.